The highest BCUT2D eigenvalue weighted by Crippen LogP contribution is 2.34. The van der Waals surface area contributed by atoms with Crippen molar-refractivity contribution >= 4 is 44.6 Å². The average Bonchev–Trinajstić information content (AvgIpc) is 3.80. The molecule has 1 aliphatic carbocycles. The van der Waals surface area contributed by atoms with Gasteiger partial charge in [0.15, 0.2) is 0 Å². The average molecular weight is 745 g/mol. The van der Waals surface area contributed by atoms with Gasteiger partial charge in [-0.3, -0.25) is 19.1 Å². The number of hydrogen-bond acceptors (Lipinski definition) is 11. The second kappa shape index (κ2) is 15.2. The van der Waals surface area contributed by atoms with E-state index in [1.54, 1.807) is 47.6 Å². The summed E-state index contributed by atoms with van der Waals surface area (Å²) in [5, 5.41) is 14.5. The Morgan fingerprint density at radius 3 is 2.13 bits per heavy atom. The minimum absolute atomic E-state index is 0.0344. The standard InChI is InChI=1S/C36H52N6O9S/c1-11-18-36(10,32(45)41-52(47,48)23-16-17-23)38-28(43)26-19-22(50-30-25-15-13-12-14-24(25)29(39-40-30)49-21(2)3)20-42(26)31(44)27(34(4,5)6)37-33(46)51-35(7,8)9/h11-15,21-23,26-27H,1,16-20H2,2-10H3,(H,37,46)(H,38,43)(H,41,45)/t22-,26+,27-,36-/m1/s1. The van der Waals surface area contributed by atoms with Crippen molar-refractivity contribution in [1.82, 2.24) is 30.5 Å². The Labute approximate surface area is 305 Å². The molecule has 4 amide bonds. The molecule has 2 aliphatic rings. The van der Waals surface area contributed by atoms with E-state index in [0.29, 0.717) is 29.5 Å². The smallest absolute Gasteiger partial charge is 0.408 e. The summed E-state index contributed by atoms with van der Waals surface area (Å²) >= 11 is 0. The predicted molar refractivity (Wildman–Crippen MR) is 194 cm³/mol. The van der Waals surface area contributed by atoms with Crippen LogP contribution >= 0.6 is 0 Å². The molecule has 0 spiro atoms. The normalized spacial score (nSPS) is 19.7. The molecule has 4 rings (SSSR count). The van der Waals surface area contributed by atoms with Gasteiger partial charge in [0, 0.05) is 6.42 Å². The van der Waals surface area contributed by atoms with Crippen LogP contribution in [0.5, 0.6) is 11.8 Å². The number of aromatic nitrogens is 2. The summed E-state index contributed by atoms with van der Waals surface area (Å²) in [6.45, 7) is 19.1. The fourth-order valence-corrected chi connectivity index (χ4v) is 7.18. The van der Waals surface area contributed by atoms with Crippen LogP contribution in [0.2, 0.25) is 0 Å². The number of benzene rings is 1. The molecule has 0 bridgehead atoms. The van der Waals surface area contributed by atoms with Crippen LogP contribution in [0.3, 0.4) is 0 Å². The summed E-state index contributed by atoms with van der Waals surface area (Å²) < 4.78 is 45.1. The Morgan fingerprint density at radius 1 is 1.00 bits per heavy atom. The van der Waals surface area contributed by atoms with Gasteiger partial charge < -0.3 is 29.7 Å². The van der Waals surface area contributed by atoms with E-state index in [9.17, 15) is 27.6 Å². The number of rotatable bonds is 13. The van der Waals surface area contributed by atoms with Gasteiger partial charge in [0.05, 0.1) is 28.7 Å². The van der Waals surface area contributed by atoms with Gasteiger partial charge in [-0.05, 0) is 78.4 Å². The first kappa shape index (κ1) is 40.3. The van der Waals surface area contributed by atoms with E-state index in [4.69, 9.17) is 14.2 Å². The lowest BCUT2D eigenvalue weighted by Crippen LogP contribution is -2.62. The van der Waals surface area contributed by atoms with Crippen LogP contribution in [0.4, 0.5) is 4.79 Å². The van der Waals surface area contributed by atoms with E-state index < -0.39 is 73.8 Å². The maximum atomic E-state index is 14.5. The first-order valence-electron chi connectivity index (χ1n) is 17.4. The van der Waals surface area contributed by atoms with Crippen molar-refractivity contribution in [2.24, 2.45) is 5.41 Å². The van der Waals surface area contributed by atoms with Crippen molar-refractivity contribution in [3.8, 4) is 11.8 Å². The number of fused-ring (bicyclic) bond motifs is 1. The van der Waals surface area contributed by atoms with E-state index in [0.717, 1.165) is 0 Å². The molecular weight excluding hydrogens is 692 g/mol. The Hall–Kier alpha value is -4.47. The lowest BCUT2D eigenvalue weighted by atomic mass is 9.85. The number of ether oxygens (including phenoxy) is 3. The van der Waals surface area contributed by atoms with Crippen molar-refractivity contribution in [1.29, 1.82) is 0 Å². The zero-order valence-electron chi connectivity index (χ0n) is 31.4. The lowest BCUT2D eigenvalue weighted by molar-refractivity contribution is -0.143. The third kappa shape index (κ3) is 9.89. The highest BCUT2D eigenvalue weighted by atomic mass is 32.2. The van der Waals surface area contributed by atoms with E-state index in [-0.39, 0.29) is 31.4 Å². The summed E-state index contributed by atoms with van der Waals surface area (Å²) in [4.78, 5) is 56.3. The van der Waals surface area contributed by atoms with Crippen molar-refractivity contribution in [3.63, 3.8) is 0 Å². The first-order chi connectivity index (χ1) is 24.0. The number of nitrogens with one attached hydrogen (secondary N) is 3. The van der Waals surface area contributed by atoms with Crippen LogP contribution in [-0.2, 0) is 29.1 Å². The number of sulfonamides is 1. The number of hydrogen-bond donors (Lipinski definition) is 3. The van der Waals surface area contributed by atoms with Gasteiger partial charge in [-0.15, -0.1) is 16.8 Å². The highest BCUT2D eigenvalue weighted by Gasteiger charge is 2.49. The topological polar surface area (TPSA) is 195 Å². The molecule has 2 heterocycles. The minimum atomic E-state index is -3.93. The van der Waals surface area contributed by atoms with Crippen LogP contribution in [0.1, 0.15) is 88.0 Å². The number of amides is 4. The number of likely N-dealkylation sites (tertiary alicyclic amines) is 1. The summed E-state index contributed by atoms with van der Waals surface area (Å²) in [7, 11) is -3.93. The summed E-state index contributed by atoms with van der Waals surface area (Å²) in [5.41, 5.74) is -3.41. The molecule has 0 radical (unpaired) electrons. The van der Waals surface area contributed by atoms with Crippen LogP contribution in [-0.4, -0.2) is 94.6 Å². The zero-order chi connectivity index (χ0) is 38.8. The van der Waals surface area contributed by atoms with Crippen LogP contribution in [0.25, 0.3) is 10.8 Å². The second-order valence-corrected chi connectivity index (χ2v) is 17.9. The molecule has 1 saturated heterocycles. The molecule has 1 aromatic heterocycles. The van der Waals surface area contributed by atoms with Gasteiger partial charge in [0.1, 0.15) is 29.3 Å². The lowest BCUT2D eigenvalue weighted by Gasteiger charge is -2.36. The molecule has 2 aromatic rings. The second-order valence-electron chi connectivity index (χ2n) is 15.9. The number of carbonyl (C=O) groups is 4. The fraction of sp³-hybridized carbons (Fsp3) is 0.611. The quantitative estimate of drug-likeness (QED) is 0.253. The van der Waals surface area contributed by atoms with Gasteiger partial charge in [0.25, 0.3) is 5.91 Å². The summed E-state index contributed by atoms with van der Waals surface area (Å²) in [6, 6.07) is 4.90. The molecule has 1 aromatic carbocycles. The van der Waals surface area contributed by atoms with E-state index in [1.165, 1.54) is 17.9 Å². The first-order valence-corrected chi connectivity index (χ1v) is 19.0. The molecule has 3 N–H and O–H groups in total. The molecule has 1 saturated carbocycles. The third-order valence-electron chi connectivity index (χ3n) is 8.52. The van der Waals surface area contributed by atoms with Crippen LogP contribution < -0.4 is 24.8 Å². The largest absolute Gasteiger partial charge is 0.473 e. The Kier molecular flexibility index (Phi) is 11.8. The molecule has 52 heavy (non-hydrogen) atoms. The molecule has 0 unspecified atom stereocenters. The zero-order valence-corrected chi connectivity index (χ0v) is 32.3. The van der Waals surface area contributed by atoms with Crippen LogP contribution in [0.15, 0.2) is 36.9 Å². The van der Waals surface area contributed by atoms with E-state index >= 15 is 0 Å². The SMILES string of the molecule is C=CC[C@@](C)(NC(=O)[C@@H]1C[C@@H](Oc2nnc(OC(C)C)c3ccccc23)CN1C(=O)[C@@H](NC(=O)OC(C)(C)C)C(C)(C)C)C(=O)NS(=O)(=O)C1CC1. The number of nitrogens with zero attached hydrogens (tertiary/aromatic N) is 3. The van der Waals surface area contributed by atoms with Crippen molar-refractivity contribution in [2.75, 3.05) is 6.54 Å². The predicted octanol–water partition coefficient (Wildman–Crippen LogP) is 3.76. The number of carbonyl (C=O) groups excluding carboxylic acids is 4. The van der Waals surface area contributed by atoms with Gasteiger partial charge in [-0.25, -0.2) is 13.2 Å². The monoisotopic (exact) mass is 744 g/mol. The van der Waals surface area contributed by atoms with Gasteiger partial charge in [-0.2, -0.15) is 0 Å². The number of alkyl carbamates (subject to hydrolysis) is 1. The van der Waals surface area contributed by atoms with Gasteiger partial charge in [0.2, 0.25) is 33.6 Å². The molecule has 15 nitrogen and oxygen atoms in total. The Morgan fingerprint density at radius 2 is 1.60 bits per heavy atom. The highest BCUT2D eigenvalue weighted by molar-refractivity contribution is 7.91. The van der Waals surface area contributed by atoms with Crippen molar-refractivity contribution in [2.45, 2.75) is 129 Å². The van der Waals surface area contributed by atoms with Crippen molar-refractivity contribution < 1.29 is 41.8 Å². The van der Waals surface area contributed by atoms with Crippen molar-refractivity contribution in [3.05, 3.63) is 36.9 Å². The van der Waals surface area contributed by atoms with Gasteiger partial charge in [-0.1, -0.05) is 39.0 Å². The maximum absolute atomic E-state index is 14.5. The summed E-state index contributed by atoms with van der Waals surface area (Å²) in [6.07, 6.45) is 0.364. The summed E-state index contributed by atoms with van der Waals surface area (Å²) in [5.74, 6) is -1.77. The van der Waals surface area contributed by atoms with Gasteiger partial charge >= 0.3 is 6.09 Å². The molecule has 16 heteroatoms. The Bertz CT molecular complexity index is 1800. The molecular formula is C36H52N6O9S. The van der Waals surface area contributed by atoms with E-state index in [2.05, 4.69) is 32.1 Å². The fourth-order valence-electron chi connectivity index (χ4n) is 5.77. The molecule has 1 aliphatic heterocycles. The van der Waals surface area contributed by atoms with Crippen LogP contribution in [0, 0.1) is 5.41 Å². The maximum Gasteiger partial charge on any atom is 0.408 e. The molecule has 2 fully saturated rings. The Balaban J connectivity index is 1.69. The molecule has 286 valence electrons. The van der Waals surface area contributed by atoms with E-state index in [1.807, 2.05) is 32.0 Å². The molecule has 4 atom stereocenters. The minimum Gasteiger partial charge on any atom is -0.473 e. The third-order valence-corrected chi connectivity index (χ3v) is 10.3.